The van der Waals surface area contributed by atoms with Crippen LogP contribution >= 0.6 is 0 Å². The minimum atomic E-state index is -3.58. The number of benzene rings is 1. The minimum absolute atomic E-state index is 0.0637. The summed E-state index contributed by atoms with van der Waals surface area (Å²) in [6.45, 7) is 0.937. The van der Waals surface area contributed by atoms with Gasteiger partial charge in [0.05, 0.1) is 11.0 Å². The number of nitrogens with zero attached hydrogens (tertiary/aromatic N) is 2. The van der Waals surface area contributed by atoms with Gasteiger partial charge in [-0.05, 0) is 37.1 Å². The first kappa shape index (κ1) is 17.0. The van der Waals surface area contributed by atoms with Crippen LogP contribution in [0, 0.1) is 22.7 Å². The smallest absolute Gasteiger partial charge is 0.240 e. The van der Waals surface area contributed by atoms with E-state index >= 15 is 0 Å². The third-order valence-corrected chi connectivity index (χ3v) is 4.75. The second-order valence-corrected chi connectivity index (χ2v) is 6.70. The van der Waals surface area contributed by atoms with E-state index in [1.165, 1.54) is 18.3 Å². The van der Waals surface area contributed by atoms with Crippen LogP contribution in [0.3, 0.4) is 0 Å². The van der Waals surface area contributed by atoms with Crippen LogP contribution in [0.4, 0.5) is 5.69 Å². The normalized spacial score (nSPS) is 17.0. The molecule has 2 N–H and O–H groups in total. The van der Waals surface area contributed by atoms with Crippen molar-refractivity contribution < 1.29 is 13.2 Å². The Morgan fingerprint density at radius 3 is 2.57 bits per heavy atom. The van der Waals surface area contributed by atoms with Crippen molar-refractivity contribution in [1.82, 2.24) is 4.72 Å². The van der Waals surface area contributed by atoms with Gasteiger partial charge in [-0.15, -0.1) is 0 Å². The fourth-order valence-corrected chi connectivity index (χ4v) is 3.13. The van der Waals surface area contributed by atoms with E-state index in [0.717, 1.165) is 12.8 Å². The third kappa shape index (κ3) is 4.80. The van der Waals surface area contributed by atoms with Gasteiger partial charge in [0.1, 0.15) is 17.7 Å². The molecular weight excluding hydrogens is 316 g/mol. The van der Waals surface area contributed by atoms with Crippen LogP contribution in [0.5, 0.6) is 0 Å². The maximum atomic E-state index is 12.2. The Balaban J connectivity index is 1.99. The Morgan fingerprint density at radius 1 is 1.30 bits per heavy atom. The molecule has 1 unspecified atom stereocenters. The molecule has 0 aliphatic carbocycles. The zero-order chi connectivity index (χ0) is 16.7. The lowest BCUT2D eigenvalue weighted by molar-refractivity contribution is 0.114. The maximum absolute atomic E-state index is 12.2. The van der Waals surface area contributed by atoms with Crippen molar-refractivity contribution in [3.8, 4) is 12.1 Å². The standard InChI is InChI=1S/C15H16N4O3S/c16-8-12(9-17)10-18-13-3-5-15(6-4-13)23(20,21)19-11-14-2-1-7-22-14/h3-6,10,14,18-19H,1-2,7,11H2. The Morgan fingerprint density at radius 2 is 2.00 bits per heavy atom. The Labute approximate surface area is 135 Å². The van der Waals surface area contributed by atoms with Gasteiger partial charge < -0.3 is 10.1 Å². The summed E-state index contributed by atoms with van der Waals surface area (Å²) >= 11 is 0. The van der Waals surface area contributed by atoms with E-state index < -0.39 is 10.0 Å². The van der Waals surface area contributed by atoms with E-state index in [9.17, 15) is 8.42 Å². The largest absolute Gasteiger partial charge is 0.377 e. The highest BCUT2D eigenvalue weighted by molar-refractivity contribution is 7.89. The molecule has 1 aliphatic heterocycles. The average Bonchev–Trinajstić information content (AvgIpc) is 3.08. The van der Waals surface area contributed by atoms with Gasteiger partial charge in [0, 0.05) is 25.0 Å². The van der Waals surface area contributed by atoms with Crippen molar-refractivity contribution in [3.63, 3.8) is 0 Å². The number of sulfonamides is 1. The number of nitrogens with one attached hydrogen (secondary N) is 2. The van der Waals surface area contributed by atoms with Gasteiger partial charge in [0.15, 0.2) is 0 Å². The van der Waals surface area contributed by atoms with Crippen molar-refractivity contribution in [1.29, 1.82) is 10.5 Å². The second-order valence-electron chi connectivity index (χ2n) is 4.94. The molecule has 1 aromatic carbocycles. The summed E-state index contributed by atoms with van der Waals surface area (Å²) in [5.74, 6) is 0. The van der Waals surface area contributed by atoms with Crippen LogP contribution in [0.25, 0.3) is 0 Å². The predicted octanol–water partition coefficient (Wildman–Crippen LogP) is 1.49. The molecule has 0 amide bonds. The molecule has 1 aromatic rings. The fraction of sp³-hybridized carbons (Fsp3) is 0.333. The van der Waals surface area contributed by atoms with Crippen molar-refractivity contribution in [3.05, 3.63) is 36.0 Å². The van der Waals surface area contributed by atoms with Crippen molar-refractivity contribution in [2.45, 2.75) is 23.8 Å². The van der Waals surface area contributed by atoms with Crippen molar-refractivity contribution >= 4 is 15.7 Å². The molecule has 0 spiro atoms. The van der Waals surface area contributed by atoms with Gasteiger partial charge in [-0.2, -0.15) is 10.5 Å². The highest BCUT2D eigenvalue weighted by Gasteiger charge is 2.20. The first-order valence-corrected chi connectivity index (χ1v) is 8.52. The van der Waals surface area contributed by atoms with E-state index in [4.69, 9.17) is 15.3 Å². The summed E-state index contributed by atoms with van der Waals surface area (Å²) in [5.41, 5.74) is 0.506. The maximum Gasteiger partial charge on any atom is 0.240 e. The quantitative estimate of drug-likeness (QED) is 0.763. The highest BCUT2D eigenvalue weighted by atomic mass is 32.2. The zero-order valence-corrected chi connectivity index (χ0v) is 13.1. The number of hydrogen-bond donors (Lipinski definition) is 2. The molecule has 1 fully saturated rings. The van der Waals surface area contributed by atoms with E-state index in [1.807, 2.05) is 0 Å². The monoisotopic (exact) mass is 332 g/mol. The van der Waals surface area contributed by atoms with Gasteiger partial charge in [-0.25, -0.2) is 13.1 Å². The van der Waals surface area contributed by atoms with Crippen molar-refractivity contribution in [2.75, 3.05) is 18.5 Å². The number of allylic oxidation sites excluding steroid dienone is 1. The van der Waals surface area contributed by atoms with Gasteiger partial charge in [-0.1, -0.05) is 0 Å². The van der Waals surface area contributed by atoms with E-state index in [-0.39, 0.29) is 23.1 Å². The average molecular weight is 332 g/mol. The van der Waals surface area contributed by atoms with Crippen LogP contribution < -0.4 is 10.0 Å². The molecule has 120 valence electrons. The molecule has 1 atom stereocenters. The SMILES string of the molecule is N#CC(C#N)=CNc1ccc(S(=O)(=O)NCC2CCCO2)cc1. The first-order valence-electron chi connectivity index (χ1n) is 7.03. The third-order valence-electron chi connectivity index (χ3n) is 3.31. The Hall–Kier alpha value is -2.39. The number of ether oxygens (including phenoxy) is 1. The molecule has 23 heavy (non-hydrogen) atoms. The van der Waals surface area contributed by atoms with E-state index in [1.54, 1.807) is 24.3 Å². The topological polar surface area (TPSA) is 115 Å². The Kier molecular flexibility index (Phi) is 5.72. The van der Waals surface area contributed by atoms with Crippen LogP contribution in [0.15, 0.2) is 40.9 Å². The summed E-state index contributed by atoms with van der Waals surface area (Å²) in [7, 11) is -3.58. The molecule has 0 radical (unpaired) electrons. The molecule has 1 aliphatic rings. The predicted molar refractivity (Wildman–Crippen MR) is 83.5 cm³/mol. The molecule has 7 nitrogen and oxygen atoms in total. The van der Waals surface area contributed by atoms with Gasteiger partial charge in [0.2, 0.25) is 10.0 Å². The highest BCUT2D eigenvalue weighted by Crippen LogP contribution is 2.16. The van der Waals surface area contributed by atoms with Crippen LogP contribution in [-0.2, 0) is 14.8 Å². The molecular formula is C15H16N4O3S. The molecule has 0 saturated carbocycles. The molecule has 2 rings (SSSR count). The van der Waals surface area contributed by atoms with E-state index in [0.29, 0.717) is 12.3 Å². The molecule has 8 heteroatoms. The van der Waals surface area contributed by atoms with E-state index in [2.05, 4.69) is 10.0 Å². The summed E-state index contributed by atoms with van der Waals surface area (Å²) in [6, 6.07) is 9.46. The minimum Gasteiger partial charge on any atom is -0.377 e. The zero-order valence-electron chi connectivity index (χ0n) is 12.3. The summed E-state index contributed by atoms with van der Waals surface area (Å²) in [5, 5.41) is 20.0. The van der Waals surface area contributed by atoms with Gasteiger partial charge in [0.25, 0.3) is 0 Å². The van der Waals surface area contributed by atoms with Crippen LogP contribution in [0.1, 0.15) is 12.8 Å². The van der Waals surface area contributed by atoms with Gasteiger partial charge in [-0.3, -0.25) is 0 Å². The number of anilines is 1. The first-order chi connectivity index (χ1) is 11.0. The number of hydrogen-bond acceptors (Lipinski definition) is 6. The molecule has 0 aromatic heterocycles. The summed E-state index contributed by atoms with van der Waals surface area (Å²) < 4.78 is 32.3. The second kappa shape index (κ2) is 7.75. The lowest BCUT2D eigenvalue weighted by Crippen LogP contribution is -2.31. The molecule has 0 bridgehead atoms. The number of rotatable bonds is 6. The number of nitriles is 2. The van der Waals surface area contributed by atoms with Crippen molar-refractivity contribution in [2.24, 2.45) is 0 Å². The molecule has 1 heterocycles. The molecule has 1 saturated heterocycles. The fourth-order valence-electron chi connectivity index (χ4n) is 2.07. The Bertz CT molecular complexity index is 735. The lowest BCUT2D eigenvalue weighted by atomic mass is 10.2. The lowest BCUT2D eigenvalue weighted by Gasteiger charge is -2.11. The van der Waals surface area contributed by atoms with Crippen LogP contribution in [0.2, 0.25) is 0 Å². The summed E-state index contributed by atoms with van der Waals surface area (Å²) in [4.78, 5) is 0.144. The van der Waals surface area contributed by atoms with Crippen LogP contribution in [-0.4, -0.2) is 27.7 Å². The summed E-state index contributed by atoms with van der Waals surface area (Å²) in [6.07, 6.45) is 3.01. The van der Waals surface area contributed by atoms with Gasteiger partial charge >= 0.3 is 0 Å².